The molecule has 106 valence electrons. The minimum absolute atomic E-state index is 0.0984. The summed E-state index contributed by atoms with van der Waals surface area (Å²) in [5, 5.41) is 12.8. The molecule has 2 N–H and O–H groups in total. The van der Waals surface area contributed by atoms with E-state index in [0.29, 0.717) is 29.5 Å². The zero-order valence-electron chi connectivity index (χ0n) is 11.7. The van der Waals surface area contributed by atoms with Crippen LogP contribution < -0.4 is 5.32 Å². The fourth-order valence-corrected chi connectivity index (χ4v) is 2.28. The molecule has 1 aromatic heterocycles. The number of carbonyl (C=O) groups excluding carboxylic acids is 1. The first-order valence-corrected chi connectivity index (χ1v) is 6.53. The third-order valence-electron chi connectivity index (χ3n) is 3.85. The molecule has 1 aliphatic carbocycles. The third kappa shape index (κ3) is 2.98. The van der Waals surface area contributed by atoms with Crippen molar-refractivity contribution in [1.29, 1.82) is 0 Å². The van der Waals surface area contributed by atoms with E-state index in [2.05, 4.69) is 10.1 Å². The second-order valence-corrected chi connectivity index (χ2v) is 5.38. The van der Waals surface area contributed by atoms with Gasteiger partial charge in [-0.1, -0.05) is 0 Å². The first-order chi connectivity index (χ1) is 9.00. The van der Waals surface area contributed by atoms with Crippen molar-refractivity contribution in [2.75, 3.05) is 13.7 Å². The van der Waals surface area contributed by atoms with Crippen LogP contribution in [0.25, 0.3) is 0 Å². The molecule has 0 bridgehead atoms. The third-order valence-corrected chi connectivity index (χ3v) is 3.85. The van der Waals surface area contributed by atoms with Gasteiger partial charge in [0.05, 0.1) is 20.3 Å². The number of hydrogen-bond acceptors (Lipinski definition) is 5. The lowest BCUT2D eigenvalue weighted by molar-refractivity contribution is 0.0599. The van der Waals surface area contributed by atoms with Crippen molar-refractivity contribution in [2.24, 2.45) is 5.92 Å². The minimum atomic E-state index is -0.389. The van der Waals surface area contributed by atoms with E-state index in [1.807, 2.05) is 6.92 Å². The van der Waals surface area contributed by atoms with Crippen molar-refractivity contribution in [2.45, 2.75) is 38.8 Å². The van der Waals surface area contributed by atoms with E-state index in [1.54, 1.807) is 13.0 Å². The van der Waals surface area contributed by atoms with Crippen molar-refractivity contribution in [3.63, 3.8) is 0 Å². The highest BCUT2D eigenvalue weighted by molar-refractivity contribution is 5.90. The number of esters is 1. The van der Waals surface area contributed by atoms with Gasteiger partial charge < -0.3 is 19.6 Å². The van der Waals surface area contributed by atoms with Gasteiger partial charge in [0.1, 0.15) is 17.1 Å². The van der Waals surface area contributed by atoms with Crippen molar-refractivity contribution in [3.05, 3.63) is 23.2 Å². The number of aliphatic hydroxyl groups excluding tert-OH is 1. The Kier molecular flexibility index (Phi) is 3.96. The van der Waals surface area contributed by atoms with Gasteiger partial charge in [-0.25, -0.2) is 4.79 Å². The Morgan fingerprint density at radius 1 is 1.63 bits per heavy atom. The lowest BCUT2D eigenvalue weighted by atomic mass is 9.97. The summed E-state index contributed by atoms with van der Waals surface area (Å²) in [7, 11) is 1.35. The van der Waals surface area contributed by atoms with Gasteiger partial charge in [-0.2, -0.15) is 0 Å². The summed E-state index contributed by atoms with van der Waals surface area (Å²) in [6.45, 7) is 4.34. The lowest BCUT2D eigenvalue weighted by Gasteiger charge is -2.28. The maximum atomic E-state index is 11.5. The van der Waals surface area contributed by atoms with E-state index in [9.17, 15) is 9.90 Å². The smallest absolute Gasteiger partial charge is 0.341 e. The normalized spacial score (nSPS) is 18.1. The Balaban J connectivity index is 2.01. The standard InChI is InChI=1S/C14H21NO4/c1-9-12(13(17)18-3)6-11(19-9)7-15-14(2,8-16)10-4-5-10/h6,10,15-16H,4-5,7-8H2,1-3H3. The molecule has 2 rings (SSSR count). The molecule has 5 heteroatoms. The molecule has 0 amide bonds. The van der Waals surface area contributed by atoms with Gasteiger partial charge in [0, 0.05) is 5.54 Å². The number of rotatable bonds is 6. The fourth-order valence-electron chi connectivity index (χ4n) is 2.28. The van der Waals surface area contributed by atoms with Crippen LogP contribution in [0.1, 0.15) is 41.6 Å². The van der Waals surface area contributed by atoms with Crippen LogP contribution in [0.2, 0.25) is 0 Å². The minimum Gasteiger partial charge on any atom is -0.465 e. The van der Waals surface area contributed by atoms with Crippen LogP contribution in [0, 0.1) is 12.8 Å². The first kappa shape index (κ1) is 14.1. The van der Waals surface area contributed by atoms with E-state index < -0.39 is 0 Å². The average molecular weight is 267 g/mol. The van der Waals surface area contributed by atoms with Crippen molar-refractivity contribution < 1.29 is 19.1 Å². The molecule has 1 atom stereocenters. The summed E-state index contributed by atoms with van der Waals surface area (Å²) >= 11 is 0. The van der Waals surface area contributed by atoms with Crippen molar-refractivity contribution in [1.82, 2.24) is 5.32 Å². The molecule has 0 saturated heterocycles. The SMILES string of the molecule is COC(=O)c1cc(CNC(C)(CO)C2CC2)oc1C. The van der Waals surface area contributed by atoms with Gasteiger partial charge >= 0.3 is 5.97 Å². The van der Waals surface area contributed by atoms with E-state index in [0.717, 1.165) is 12.8 Å². The first-order valence-electron chi connectivity index (χ1n) is 6.53. The van der Waals surface area contributed by atoms with Gasteiger partial charge in [-0.15, -0.1) is 0 Å². The number of ether oxygens (including phenoxy) is 1. The van der Waals surface area contributed by atoms with Crippen molar-refractivity contribution >= 4 is 5.97 Å². The number of hydrogen-bond donors (Lipinski definition) is 2. The van der Waals surface area contributed by atoms with E-state index >= 15 is 0 Å². The van der Waals surface area contributed by atoms with Gasteiger partial charge in [0.15, 0.2) is 0 Å². The molecule has 1 aliphatic rings. The lowest BCUT2D eigenvalue weighted by Crippen LogP contribution is -2.47. The van der Waals surface area contributed by atoms with Gasteiger partial charge in [0.25, 0.3) is 0 Å². The summed E-state index contributed by atoms with van der Waals surface area (Å²) in [6.07, 6.45) is 2.29. The predicted octanol–water partition coefficient (Wildman–Crippen LogP) is 1.63. The van der Waals surface area contributed by atoms with E-state index in [4.69, 9.17) is 4.42 Å². The molecule has 0 radical (unpaired) electrons. The fraction of sp³-hybridized carbons (Fsp3) is 0.643. The second-order valence-electron chi connectivity index (χ2n) is 5.38. The van der Waals surface area contributed by atoms with Gasteiger partial charge in [-0.3, -0.25) is 0 Å². The number of furan rings is 1. The molecular weight excluding hydrogens is 246 g/mol. The molecule has 1 fully saturated rings. The van der Waals surface area contributed by atoms with Crippen LogP contribution in [-0.4, -0.2) is 30.3 Å². The largest absolute Gasteiger partial charge is 0.465 e. The zero-order valence-corrected chi connectivity index (χ0v) is 11.7. The maximum absolute atomic E-state index is 11.5. The number of carbonyl (C=O) groups is 1. The summed E-state index contributed by atoms with van der Waals surface area (Å²) in [6, 6.07) is 1.69. The summed E-state index contributed by atoms with van der Waals surface area (Å²) in [5.41, 5.74) is 0.183. The summed E-state index contributed by atoms with van der Waals surface area (Å²) < 4.78 is 10.2. The van der Waals surface area contributed by atoms with Crippen molar-refractivity contribution in [3.8, 4) is 0 Å². The second kappa shape index (κ2) is 5.35. The summed E-state index contributed by atoms with van der Waals surface area (Å²) in [4.78, 5) is 11.5. The van der Waals surface area contributed by atoms with Gasteiger partial charge in [-0.05, 0) is 38.7 Å². The number of aryl methyl sites for hydroxylation is 1. The van der Waals surface area contributed by atoms with Crippen LogP contribution in [0.15, 0.2) is 10.5 Å². The van der Waals surface area contributed by atoms with E-state index in [1.165, 1.54) is 7.11 Å². The summed E-state index contributed by atoms with van der Waals surface area (Å²) in [5.74, 6) is 1.37. The van der Waals surface area contributed by atoms with E-state index in [-0.39, 0.29) is 18.1 Å². The molecule has 0 aliphatic heterocycles. The molecule has 0 aromatic carbocycles. The molecule has 1 heterocycles. The highest BCUT2D eigenvalue weighted by Crippen LogP contribution is 2.39. The van der Waals surface area contributed by atoms with Crippen LogP contribution in [-0.2, 0) is 11.3 Å². The Morgan fingerprint density at radius 2 is 2.32 bits per heavy atom. The Labute approximate surface area is 112 Å². The molecule has 1 unspecified atom stereocenters. The molecule has 5 nitrogen and oxygen atoms in total. The van der Waals surface area contributed by atoms with Crippen LogP contribution in [0.4, 0.5) is 0 Å². The zero-order chi connectivity index (χ0) is 14.0. The molecule has 1 saturated carbocycles. The highest BCUT2D eigenvalue weighted by atomic mass is 16.5. The Bertz CT molecular complexity index is 464. The molecule has 0 spiro atoms. The molecule has 19 heavy (non-hydrogen) atoms. The number of aliphatic hydroxyl groups is 1. The predicted molar refractivity (Wildman–Crippen MR) is 69.8 cm³/mol. The molecule has 1 aromatic rings. The number of nitrogens with one attached hydrogen (secondary N) is 1. The Hall–Kier alpha value is -1.33. The Morgan fingerprint density at radius 3 is 2.84 bits per heavy atom. The van der Waals surface area contributed by atoms with Gasteiger partial charge in [0.2, 0.25) is 0 Å². The number of methoxy groups -OCH3 is 1. The monoisotopic (exact) mass is 267 g/mol. The highest BCUT2D eigenvalue weighted by Gasteiger charge is 2.40. The topological polar surface area (TPSA) is 71.7 Å². The molecular formula is C14H21NO4. The maximum Gasteiger partial charge on any atom is 0.341 e. The van der Waals surface area contributed by atoms with Crippen LogP contribution in [0.3, 0.4) is 0 Å². The van der Waals surface area contributed by atoms with Crippen LogP contribution >= 0.6 is 0 Å². The van der Waals surface area contributed by atoms with Crippen LogP contribution in [0.5, 0.6) is 0 Å². The quantitative estimate of drug-likeness (QED) is 0.766. The average Bonchev–Trinajstić information content (AvgIpc) is 3.20.